The van der Waals surface area contributed by atoms with Crippen LogP contribution in [0.25, 0.3) is 10.4 Å². The number of azide groups is 1. The molecule has 2 unspecified atom stereocenters. The third-order valence-corrected chi connectivity index (χ3v) is 5.33. The van der Waals surface area contributed by atoms with Crippen LogP contribution in [-0.2, 0) is 33.3 Å². The lowest BCUT2D eigenvalue weighted by Gasteiger charge is -2.43. The number of hydrogen-bond acceptors (Lipinski definition) is 10. The number of hydrogen-bond donors (Lipinski definition) is 0. The van der Waals surface area contributed by atoms with Crippen molar-refractivity contribution in [2.24, 2.45) is 5.11 Å². The van der Waals surface area contributed by atoms with E-state index >= 15 is 0 Å². The molecule has 0 N–H and O–H groups in total. The summed E-state index contributed by atoms with van der Waals surface area (Å²) < 4.78 is 22.4. The highest BCUT2D eigenvalue weighted by molar-refractivity contribution is 9.10. The molecular weight excluding hydrogens is 484 g/mol. The maximum Gasteiger partial charge on any atom is 0.303 e. The maximum absolute atomic E-state index is 11.7. The minimum Gasteiger partial charge on any atom is -0.463 e. The number of thioether (sulfide) groups is 1. The van der Waals surface area contributed by atoms with E-state index in [2.05, 4.69) is 30.9 Å². The minimum atomic E-state index is -1.14. The lowest BCUT2D eigenvalue weighted by Crippen LogP contribution is -2.59. The smallest absolute Gasteiger partial charge is 0.303 e. The molecule has 162 valence electrons. The Labute approximate surface area is 184 Å². The van der Waals surface area contributed by atoms with E-state index in [4.69, 9.17) is 24.5 Å². The second-order valence-electron chi connectivity index (χ2n) is 6.15. The first-order valence-corrected chi connectivity index (χ1v) is 10.3. The van der Waals surface area contributed by atoms with E-state index in [1.165, 1.54) is 20.8 Å². The van der Waals surface area contributed by atoms with Gasteiger partial charge >= 0.3 is 17.9 Å². The average molecular weight is 503 g/mol. The number of aromatic nitrogens is 1. The fourth-order valence-electron chi connectivity index (χ4n) is 2.76. The fourth-order valence-corrected chi connectivity index (χ4v) is 4.41. The van der Waals surface area contributed by atoms with Crippen molar-refractivity contribution in [3.8, 4) is 0 Å². The monoisotopic (exact) mass is 502 g/mol. The van der Waals surface area contributed by atoms with Crippen molar-refractivity contribution in [3.05, 3.63) is 33.4 Å². The van der Waals surface area contributed by atoms with Crippen LogP contribution in [0, 0.1) is 0 Å². The Bertz CT molecular complexity index is 851. The van der Waals surface area contributed by atoms with Gasteiger partial charge in [-0.15, -0.1) is 0 Å². The number of pyridine rings is 1. The Morgan fingerprint density at radius 2 is 1.87 bits per heavy atom. The van der Waals surface area contributed by atoms with Gasteiger partial charge in [0.1, 0.15) is 36.4 Å². The minimum absolute atomic E-state index is 0.259. The van der Waals surface area contributed by atoms with E-state index in [0.29, 0.717) is 9.37 Å². The predicted molar refractivity (Wildman–Crippen MR) is 107 cm³/mol. The first-order chi connectivity index (χ1) is 14.2. The van der Waals surface area contributed by atoms with Crippen LogP contribution in [0.3, 0.4) is 0 Å². The second-order valence-corrected chi connectivity index (χ2v) is 8.23. The van der Waals surface area contributed by atoms with Gasteiger partial charge < -0.3 is 18.9 Å². The average Bonchev–Trinajstić information content (AvgIpc) is 2.64. The van der Waals surface area contributed by atoms with E-state index in [1.54, 1.807) is 18.5 Å². The number of rotatable bonds is 7. The van der Waals surface area contributed by atoms with Gasteiger partial charge in [0.15, 0.2) is 0 Å². The molecular formula is C17H19BrN4O7S. The van der Waals surface area contributed by atoms with E-state index in [1.807, 2.05) is 0 Å². The largest absolute Gasteiger partial charge is 0.463 e. The van der Waals surface area contributed by atoms with Gasteiger partial charge in [-0.2, -0.15) is 0 Å². The van der Waals surface area contributed by atoms with Crippen LogP contribution >= 0.6 is 27.7 Å². The first kappa shape index (κ1) is 23.9. The third kappa shape index (κ3) is 6.87. The normalized spacial score (nSPS) is 25.5. The summed E-state index contributed by atoms with van der Waals surface area (Å²) in [6, 6.07) is 0.655. The van der Waals surface area contributed by atoms with Gasteiger partial charge in [0.25, 0.3) is 0 Å². The molecule has 30 heavy (non-hydrogen) atoms. The molecule has 1 aliphatic rings. The van der Waals surface area contributed by atoms with Gasteiger partial charge in [-0.25, -0.2) is 0 Å². The quantitative estimate of drug-likeness (QED) is 0.180. The molecule has 1 aliphatic heterocycles. The van der Waals surface area contributed by atoms with Gasteiger partial charge in [0, 0.05) is 47.4 Å². The van der Waals surface area contributed by atoms with Crippen LogP contribution in [0.5, 0.6) is 0 Å². The van der Waals surface area contributed by atoms with E-state index in [0.717, 1.165) is 11.8 Å². The SMILES string of the molecule is CC(=O)OCC1O[C@H](Sc2cncc(Br)c2)C(OC(C)=O)[C@@H](N=[N+]=[N-])[C@H]1OC(C)=O. The number of ether oxygens (including phenoxy) is 4. The molecule has 0 aliphatic carbocycles. The zero-order chi connectivity index (χ0) is 22.3. The van der Waals surface area contributed by atoms with Crippen molar-refractivity contribution in [3.63, 3.8) is 0 Å². The Kier molecular flexibility index (Phi) is 8.90. The molecule has 1 aromatic heterocycles. The van der Waals surface area contributed by atoms with Gasteiger partial charge in [0.05, 0.1) is 0 Å². The molecule has 0 bridgehead atoms. The molecule has 1 fully saturated rings. The lowest BCUT2D eigenvalue weighted by molar-refractivity contribution is -0.201. The summed E-state index contributed by atoms with van der Waals surface area (Å²) in [7, 11) is 0. The summed E-state index contributed by atoms with van der Waals surface area (Å²) >= 11 is 4.49. The van der Waals surface area contributed by atoms with Crippen LogP contribution < -0.4 is 0 Å². The topological polar surface area (TPSA) is 150 Å². The molecule has 2 rings (SSSR count). The first-order valence-electron chi connectivity index (χ1n) is 8.66. The highest BCUT2D eigenvalue weighted by Gasteiger charge is 2.50. The molecule has 2 heterocycles. The van der Waals surface area contributed by atoms with E-state index in [-0.39, 0.29) is 6.61 Å². The van der Waals surface area contributed by atoms with Crippen molar-refractivity contribution in [1.29, 1.82) is 0 Å². The molecule has 5 atom stereocenters. The fraction of sp³-hybridized carbons (Fsp3) is 0.529. The summed E-state index contributed by atoms with van der Waals surface area (Å²) in [5.41, 5.74) is 8.20. The summed E-state index contributed by atoms with van der Waals surface area (Å²) in [6.45, 7) is 3.33. The molecule has 1 aromatic rings. The predicted octanol–water partition coefficient (Wildman–Crippen LogP) is 2.77. The summed E-state index contributed by atoms with van der Waals surface area (Å²) in [4.78, 5) is 42.2. The molecule has 0 amide bonds. The van der Waals surface area contributed by atoms with Crippen molar-refractivity contribution in [2.45, 2.75) is 55.5 Å². The third-order valence-electron chi connectivity index (χ3n) is 3.79. The van der Waals surface area contributed by atoms with Gasteiger partial charge in [-0.3, -0.25) is 19.4 Å². The van der Waals surface area contributed by atoms with Crippen LogP contribution in [-0.4, -0.2) is 59.3 Å². The molecule has 0 aromatic carbocycles. The van der Waals surface area contributed by atoms with Gasteiger partial charge in [-0.05, 0) is 27.5 Å². The molecule has 13 heteroatoms. The number of nitrogens with zero attached hydrogens (tertiary/aromatic N) is 4. The Balaban J connectivity index is 2.43. The molecule has 0 saturated carbocycles. The molecule has 11 nitrogen and oxygen atoms in total. The van der Waals surface area contributed by atoms with Crippen LogP contribution in [0.4, 0.5) is 0 Å². The summed E-state index contributed by atoms with van der Waals surface area (Å²) in [5.74, 6) is -1.87. The number of halogens is 1. The number of carbonyl (C=O) groups is 3. The van der Waals surface area contributed by atoms with E-state index in [9.17, 15) is 14.4 Å². The maximum atomic E-state index is 11.7. The summed E-state index contributed by atoms with van der Waals surface area (Å²) in [5, 5.41) is 3.71. The number of carbonyl (C=O) groups excluding carboxylic acids is 3. The van der Waals surface area contributed by atoms with Crippen LogP contribution in [0.2, 0.25) is 0 Å². The van der Waals surface area contributed by atoms with Crippen LogP contribution in [0.15, 0.2) is 32.9 Å². The second kappa shape index (κ2) is 11.2. The van der Waals surface area contributed by atoms with Gasteiger partial charge in [0.2, 0.25) is 0 Å². The van der Waals surface area contributed by atoms with Crippen molar-refractivity contribution >= 4 is 45.6 Å². The molecule has 0 spiro atoms. The van der Waals surface area contributed by atoms with Crippen molar-refractivity contribution in [1.82, 2.24) is 4.98 Å². The van der Waals surface area contributed by atoms with E-state index < -0.39 is 47.7 Å². The zero-order valence-electron chi connectivity index (χ0n) is 16.3. The standard InChI is InChI=1S/C17H19BrN4O7S/c1-8(23)26-7-13-15(27-9(2)24)14(21-22-19)16(28-10(3)25)17(29-13)30-12-4-11(18)5-20-6-12/h4-6,13-17H,7H2,1-3H3/t13?,14-,15-,16?,17+/m0/s1. The number of esters is 3. The van der Waals surface area contributed by atoms with Gasteiger partial charge in [-0.1, -0.05) is 16.9 Å². The molecule has 0 radical (unpaired) electrons. The van der Waals surface area contributed by atoms with Crippen LogP contribution in [0.1, 0.15) is 20.8 Å². The van der Waals surface area contributed by atoms with Crippen molar-refractivity contribution in [2.75, 3.05) is 6.61 Å². The molecule has 1 saturated heterocycles. The van der Waals surface area contributed by atoms with Crippen molar-refractivity contribution < 1.29 is 33.3 Å². The Morgan fingerprint density at radius 1 is 1.20 bits per heavy atom. The highest BCUT2D eigenvalue weighted by atomic mass is 79.9. The Morgan fingerprint density at radius 3 is 2.43 bits per heavy atom. The highest BCUT2D eigenvalue weighted by Crippen LogP contribution is 2.37. The lowest BCUT2D eigenvalue weighted by atomic mass is 9.97. The Hall–Kier alpha value is -2.34. The zero-order valence-corrected chi connectivity index (χ0v) is 18.7. The summed E-state index contributed by atoms with van der Waals surface area (Å²) in [6.07, 6.45) is -0.0124.